The van der Waals surface area contributed by atoms with Gasteiger partial charge in [-0.2, -0.15) is 0 Å². The van der Waals surface area contributed by atoms with E-state index in [4.69, 9.17) is 5.73 Å². The molecule has 0 saturated heterocycles. The van der Waals surface area contributed by atoms with Crippen LogP contribution in [0.25, 0.3) is 0 Å². The maximum absolute atomic E-state index is 11.9. The van der Waals surface area contributed by atoms with Crippen LogP contribution in [-0.2, 0) is 11.3 Å². The second kappa shape index (κ2) is 10.2. The van der Waals surface area contributed by atoms with E-state index in [1.807, 2.05) is 26.8 Å². The van der Waals surface area contributed by atoms with E-state index >= 15 is 0 Å². The van der Waals surface area contributed by atoms with Gasteiger partial charge in [-0.1, -0.05) is 32.4 Å². The first-order valence-corrected chi connectivity index (χ1v) is 7.40. The summed E-state index contributed by atoms with van der Waals surface area (Å²) in [6.45, 7) is 6.80. The van der Waals surface area contributed by atoms with Gasteiger partial charge >= 0.3 is 0 Å². The van der Waals surface area contributed by atoms with Gasteiger partial charge in [0.25, 0.3) is 5.91 Å². The molecule has 0 heterocycles. The lowest BCUT2D eigenvalue weighted by atomic mass is 9.99. The standard InChI is InChI=1S/C16H25N3O2.ClH/c1-4-11(3)14(17)16(21)19-10-12-7-6-8-13(9-12)15(20)18-5-2;/h6-9,11,14H,4-5,10,17H2,1-3H3,(H,18,20)(H,19,21);1H. The summed E-state index contributed by atoms with van der Waals surface area (Å²) in [4.78, 5) is 23.7. The number of hydrogen-bond acceptors (Lipinski definition) is 3. The highest BCUT2D eigenvalue weighted by molar-refractivity contribution is 5.94. The summed E-state index contributed by atoms with van der Waals surface area (Å²) in [5, 5.41) is 5.56. The molecule has 0 fully saturated rings. The largest absolute Gasteiger partial charge is 0.352 e. The molecular formula is C16H26ClN3O2. The van der Waals surface area contributed by atoms with Crippen LogP contribution >= 0.6 is 12.4 Å². The van der Waals surface area contributed by atoms with Gasteiger partial charge < -0.3 is 16.4 Å². The maximum Gasteiger partial charge on any atom is 0.251 e. The summed E-state index contributed by atoms with van der Waals surface area (Å²) in [7, 11) is 0. The van der Waals surface area contributed by atoms with Crippen LogP contribution in [0.5, 0.6) is 0 Å². The van der Waals surface area contributed by atoms with Crippen molar-refractivity contribution in [2.24, 2.45) is 11.7 Å². The summed E-state index contributed by atoms with van der Waals surface area (Å²) < 4.78 is 0. The molecule has 5 nitrogen and oxygen atoms in total. The average molecular weight is 328 g/mol. The van der Waals surface area contributed by atoms with Crippen LogP contribution in [0.15, 0.2) is 24.3 Å². The molecule has 0 aliphatic rings. The number of hydrogen-bond donors (Lipinski definition) is 3. The first-order chi connectivity index (χ1) is 9.99. The number of benzene rings is 1. The maximum atomic E-state index is 11.9. The van der Waals surface area contributed by atoms with Crippen molar-refractivity contribution >= 4 is 24.2 Å². The van der Waals surface area contributed by atoms with E-state index in [0.29, 0.717) is 18.7 Å². The van der Waals surface area contributed by atoms with Crippen molar-refractivity contribution in [3.63, 3.8) is 0 Å². The van der Waals surface area contributed by atoms with Gasteiger partial charge in [-0.25, -0.2) is 0 Å². The second-order valence-corrected chi connectivity index (χ2v) is 5.19. The van der Waals surface area contributed by atoms with Crippen LogP contribution < -0.4 is 16.4 Å². The Morgan fingerprint density at radius 1 is 1.23 bits per heavy atom. The molecule has 4 N–H and O–H groups in total. The van der Waals surface area contributed by atoms with Crippen LogP contribution in [0.4, 0.5) is 0 Å². The Morgan fingerprint density at radius 3 is 2.50 bits per heavy atom. The molecule has 1 rings (SSSR count). The third kappa shape index (κ3) is 6.03. The highest BCUT2D eigenvalue weighted by Crippen LogP contribution is 2.07. The molecule has 0 bridgehead atoms. The lowest BCUT2D eigenvalue weighted by Crippen LogP contribution is -2.44. The van der Waals surface area contributed by atoms with Crippen molar-refractivity contribution in [1.29, 1.82) is 0 Å². The minimum Gasteiger partial charge on any atom is -0.352 e. The minimum atomic E-state index is -0.499. The summed E-state index contributed by atoms with van der Waals surface area (Å²) in [6.07, 6.45) is 0.862. The Morgan fingerprint density at radius 2 is 1.91 bits per heavy atom. The summed E-state index contributed by atoms with van der Waals surface area (Å²) in [5.41, 5.74) is 7.35. The normalized spacial score (nSPS) is 12.7. The number of carbonyl (C=O) groups is 2. The van der Waals surface area contributed by atoms with Gasteiger partial charge in [-0.3, -0.25) is 9.59 Å². The molecule has 0 aliphatic carbocycles. The Labute approximate surface area is 138 Å². The highest BCUT2D eigenvalue weighted by Gasteiger charge is 2.18. The molecule has 1 aromatic carbocycles. The van der Waals surface area contributed by atoms with Crippen LogP contribution in [0.3, 0.4) is 0 Å². The van der Waals surface area contributed by atoms with Crippen molar-refractivity contribution in [2.45, 2.75) is 39.8 Å². The minimum absolute atomic E-state index is 0. The molecule has 2 unspecified atom stereocenters. The smallest absolute Gasteiger partial charge is 0.251 e. The van der Waals surface area contributed by atoms with E-state index in [0.717, 1.165) is 12.0 Å². The van der Waals surface area contributed by atoms with Crippen LogP contribution in [0.1, 0.15) is 43.1 Å². The first-order valence-electron chi connectivity index (χ1n) is 7.40. The molecule has 0 saturated carbocycles. The van der Waals surface area contributed by atoms with Gasteiger partial charge in [0, 0.05) is 18.7 Å². The topological polar surface area (TPSA) is 84.2 Å². The van der Waals surface area contributed by atoms with Gasteiger partial charge in [-0.05, 0) is 30.5 Å². The lowest BCUT2D eigenvalue weighted by Gasteiger charge is -2.17. The van der Waals surface area contributed by atoms with Gasteiger partial charge in [0.15, 0.2) is 0 Å². The molecule has 1 aromatic rings. The molecule has 0 aromatic heterocycles. The Hall–Kier alpha value is -1.59. The van der Waals surface area contributed by atoms with Crippen molar-refractivity contribution in [2.75, 3.05) is 6.54 Å². The van der Waals surface area contributed by atoms with E-state index in [9.17, 15) is 9.59 Å². The monoisotopic (exact) mass is 327 g/mol. The molecular weight excluding hydrogens is 302 g/mol. The van der Waals surface area contributed by atoms with Crippen LogP contribution in [0.2, 0.25) is 0 Å². The first kappa shape index (κ1) is 20.4. The van der Waals surface area contributed by atoms with E-state index in [2.05, 4.69) is 10.6 Å². The number of nitrogens with one attached hydrogen (secondary N) is 2. The fourth-order valence-electron chi connectivity index (χ4n) is 1.90. The predicted molar refractivity (Wildman–Crippen MR) is 91.0 cm³/mol. The van der Waals surface area contributed by atoms with Crippen molar-refractivity contribution < 1.29 is 9.59 Å². The molecule has 0 spiro atoms. The van der Waals surface area contributed by atoms with Crippen LogP contribution in [0, 0.1) is 5.92 Å². The van der Waals surface area contributed by atoms with E-state index in [1.165, 1.54) is 0 Å². The molecule has 2 amide bonds. The van der Waals surface area contributed by atoms with Crippen LogP contribution in [-0.4, -0.2) is 24.4 Å². The lowest BCUT2D eigenvalue weighted by molar-refractivity contribution is -0.123. The summed E-state index contributed by atoms with van der Waals surface area (Å²) in [6, 6.07) is 6.71. The molecule has 6 heteroatoms. The molecule has 124 valence electrons. The molecule has 22 heavy (non-hydrogen) atoms. The SMILES string of the molecule is CCNC(=O)c1cccc(CNC(=O)C(N)C(C)CC)c1.Cl. The molecule has 0 radical (unpaired) electrons. The Bertz CT molecular complexity index is 494. The predicted octanol–water partition coefficient (Wildman–Crippen LogP) is 1.85. The number of carbonyl (C=O) groups excluding carboxylic acids is 2. The number of rotatable bonds is 7. The highest BCUT2D eigenvalue weighted by atomic mass is 35.5. The van der Waals surface area contributed by atoms with Gasteiger partial charge in [0.1, 0.15) is 0 Å². The molecule has 0 aliphatic heterocycles. The third-order valence-corrected chi connectivity index (χ3v) is 3.55. The zero-order chi connectivity index (χ0) is 15.8. The van der Waals surface area contributed by atoms with Crippen molar-refractivity contribution in [3.05, 3.63) is 35.4 Å². The fourth-order valence-corrected chi connectivity index (χ4v) is 1.90. The Kier molecular flexibility index (Phi) is 9.45. The van der Waals surface area contributed by atoms with Gasteiger partial charge in [0.2, 0.25) is 5.91 Å². The Balaban J connectivity index is 0.00000441. The third-order valence-electron chi connectivity index (χ3n) is 3.55. The fraction of sp³-hybridized carbons (Fsp3) is 0.500. The van der Waals surface area contributed by atoms with E-state index < -0.39 is 6.04 Å². The van der Waals surface area contributed by atoms with Crippen molar-refractivity contribution in [1.82, 2.24) is 10.6 Å². The number of halogens is 1. The van der Waals surface area contributed by atoms with E-state index in [-0.39, 0.29) is 30.1 Å². The average Bonchev–Trinajstić information content (AvgIpc) is 2.51. The van der Waals surface area contributed by atoms with Gasteiger partial charge in [-0.15, -0.1) is 12.4 Å². The van der Waals surface area contributed by atoms with E-state index in [1.54, 1.807) is 18.2 Å². The summed E-state index contributed by atoms with van der Waals surface area (Å²) >= 11 is 0. The quantitative estimate of drug-likeness (QED) is 0.714. The zero-order valence-electron chi connectivity index (χ0n) is 13.4. The molecule has 2 atom stereocenters. The number of amides is 2. The zero-order valence-corrected chi connectivity index (χ0v) is 14.2. The number of nitrogens with two attached hydrogens (primary N) is 1. The van der Waals surface area contributed by atoms with Crippen molar-refractivity contribution in [3.8, 4) is 0 Å². The summed E-state index contributed by atoms with van der Waals surface area (Å²) in [5.74, 6) is -0.124. The van der Waals surface area contributed by atoms with Gasteiger partial charge in [0.05, 0.1) is 6.04 Å². The second-order valence-electron chi connectivity index (χ2n) is 5.19.